The van der Waals surface area contributed by atoms with Crippen molar-refractivity contribution in [2.45, 2.75) is 31.7 Å². The van der Waals surface area contributed by atoms with E-state index in [0.29, 0.717) is 6.54 Å². The van der Waals surface area contributed by atoms with Crippen LogP contribution in [0.15, 0.2) is 55.2 Å². The van der Waals surface area contributed by atoms with Crippen LogP contribution >= 0.6 is 0 Å². The molecule has 4 aromatic rings. The third-order valence-corrected chi connectivity index (χ3v) is 6.44. The molecule has 9 heteroatoms. The molecular formula is C25H23F2N5O2. The van der Waals surface area contributed by atoms with E-state index in [2.05, 4.69) is 27.5 Å². The predicted octanol–water partition coefficient (Wildman–Crippen LogP) is 4.64. The summed E-state index contributed by atoms with van der Waals surface area (Å²) in [4.78, 5) is 20.4. The largest absolute Gasteiger partial charge is 0.503 e. The Hall–Kier alpha value is -3.88. The van der Waals surface area contributed by atoms with Gasteiger partial charge in [0.2, 0.25) is 0 Å². The molecule has 1 fully saturated rings. The van der Waals surface area contributed by atoms with E-state index in [1.165, 1.54) is 6.33 Å². The molecule has 2 aromatic heterocycles. The molecule has 1 aliphatic carbocycles. The number of carbonyl (C=O) groups is 1. The van der Waals surface area contributed by atoms with Crippen LogP contribution in [0, 0.1) is 17.6 Å². The Morgan fingerprint density at radius 2 is 1.74 bits per heavy atom. The molecule has 1 aliphatic rings. The van der Waals surface area contributed by atoms with E-state index in [-0.39, 0.29) is 17.5 Å². The molecule has 1 amide bonds. The van der Waals surface area contributed by atoms with Crippen LogP contribution < -0.4 is 5.32 Å². The van der Waals surface area contributed by atoms with Crippen LogP contribution in [-0.4, -0.2) is 37.3 Å². The Kier molecular flexibility index (Phi) is 5.91. The number of benzene rings is 2. The first-order valence-corrected chi connectivity index (χ1v) is 11.2. The molecule has 2 heterocycles. The number of carbonyl (C=O) groups excluding carboxylic acids is 1. The van der Waals surface area contributed by atoms with Gasteiger partial charge in [-0.1, -0.05) is 12.1 Å². The van der Waals surface area contributed by atoms with Crippen molar-refractivity contribution in [2.75, 3.05) is 6.54 Å². The standard InChI is InChI=1S/C25H23F2N5O2/c26-21-7-18(8-22(27)24(21)33)25(34)30-10-15-1-5-20(6-2-15)32-13-17-4-3-16(9-23(17)31-32)19-11-28-14-29-12-19/h3-4,7-9,11-15,20,33H,1-2,5-6,10H2,(H,30,34). The third-order valence-electron chi connectivity index (χ3n) is 6.44. The van der Waals surface area contributed by atoms with Crippen LogP contribution in [0.2, 0.25) is 0 Å². The molecule has 174 valence electrons. The molecule has 0 atom stereocenters. The zero-order chi connectivity index (χ0) is 23.7. The van der Waals surface area contributed by atoms with Crippen LogP contribution in [0.1, 0.15) is 42.1 Å². The van der Waals surface area contributed by atoms with Crippen LogP contribution in [0.5, 0.6) is 5.75 Å². The molecule has 0 bridgehead atoms. The van der Waals surface area contributed by atoms with Crippen LogP contribution in [-0.2, 0) is 0 Å². The lowest BCUT2D eigenvalue weighted by molar-refractivity contribution is 0.0940. The highest BCUT2D eigenvalue weighted by Crippen LogP contribution is 2.33. The fraction of sp³-hybridized carbons (Fsp3) is 0.280. The molecule has 1 saturated carbocycles. The first kappa shape index (κ1) is 21.9. The van der Waals surface area contributed by atoms with Gasteiger partial charge >= 0.3 is 0 Å². The van der Waals surface area contributed by atoms with Gasteiger partial charge in [0.1, 0.15) is 6.33 Å². The Balaban J connectivity index is 1.18. The Bertz CT molecular complexity index is 1310. The summed E-state index contributed by atoms with van der Waals surface area (Å²) in [6, 6.07) is 8.09. The minimum Gasteiger partial charge on any atom is -0.503 e. The van der Waals surface area contributed by atoms with Crippen molar-refractivity contribution in [1.82, 2.24) is 25.1 Å². The van der Waals surface area contributed by atoms with Gasteiger partial charge in [-0.05, 0) is 55.4 Å². The molecule has 0 radical (unpaired) electrons. The second-order valence-electron chi connectivity index (χ2n) is 8.68. The molecule has 2 N–H and O–H groups in total. The normalized spacial score (nSPS) is 18.2. The van der Waals surface area contributed by atoms with Crippen molar-refractivity contribution in [2.24, 2.45) is 5.92 Å². The summed E-state index contributed by atoms with van der Waals surface area (Å²) in [5.41, 5.74) is 2.74. The summed E-state index contributed by atoms with van der Waals surface area (Å²) in [6.45, 7) is 0.430. The zero-order valence-corrected chi connectivity index (χ0v) is 18.3. The fourth-order valence-corrected chi connectivity index (χ4v) is 4.50. The number of amides is 1. The highest BCUT2D eigenvalue weighted by molar-refractivity contribution is 5.94. The van der Waals surface area contributed by atoms with E-state index in [1.54, 1.807) is 12.4 Å². The molecular weight excluding hydrogens is 440 g/mol. The van der Waals surface area contributed by atoms with Crippen molar-refractivity contribution in [3.05, 3.63) is 72.4 Å². The number of hydrogen-bond donors (Lipinski definition) is 2. The number of phenols is 1. The van der Waals surface area contributed by atoms with Gasteiger partial charge in [0.05, 0.1) is 11.6 Å². The molecule has 0 unspecified atom stereocenters. The second kappa shape index (κ2) is 9.17. The number of fused-ring (bicyclic) bond motifs is 1. The van der Waals surface area contributed by atoms with E-state index in [0.717, 1.165) is 59.8 Å². The van der Waals surface area contributed by atoms with Gasteiger partial charge in [-0.3, -0.25) is 9.48 Å². The molecule has 0 aliphatic heterocycles. The summed E-state index contributed by atoms with van der Waals surface area (Å²) in [5.74, 6) is -3.66. The predicted molar refractivity (Wildman–Crippen MR) is 122 cm³/mol. The minimum atomic E-state index is -1.15. The molecule has 34 heavy (non-hydrogen) atoms. The van der Waals surface area contributed by atoms with Gasteiger partial charge in [-0.2, -0.15) is 5.10 Å². The fourth-order valence-electron chi connectivity index (χ4n) is 4.50. The lowest BCUT2D eigenvalue weighted by Gasteiger charge is -2.28. The number of aromatic nitrogens is 4. The summed E-state index contributed by atoms with van der Waals surface area (Å²) in [6.07, 6.45) is 10.8. The number of rotatable bonds is 5. The lowest BCUT2D eigenvalue weighted by atomic mass is 9.86. The van der Waals surface area contributed by atoms with Crippen molar-refractivity contribution >= 4 is 16.8 Å². The maximum absolute atomic E-state index is 13.5. The van der Waals surface area contributed by atoms with Crippen molar-refractivity contribution < 1.29 is 18.7 Å². The SMILES string of the molecule is O=C(NCC1CCC(n2cc3ccc(-c4cncnc4)cc3n2)CC1)c1cc(F)c(O)c(F)c1. The van der Waals surface area contributed by atoms with E-state index >= 15 is 0 Å². The minimum absolute atomic E-state index is 0.147. The highest BCUT2D eigenvalue weighted by atomic mass is 19.1. The number of nitrogens with zero attached hydrogens (tertiary/aromatic N) is 4. The summed E-state index contributed by atoms with van der Waals surface area (Å²) in [7, 11) is 0. The second-order valence-corrected chi connectivity index (χ2v) is 8.68. The van der Waals surface area contributed by atoms with Crippen LogP contribution in [0.4, 0.5) is 8.78 Å². The lowest BCUT2D eigenvalue weighted by Crippen LogP contribution is -2.31. The number of hydrogen-bond acceptors (Lipinski definition) is 5. The summed E-state index contributed by atoms with van der Waals surface area (Å²) >= 11 is 0. The molecule has 0 saturated heterocycles. The van der Waals surface area contributed by atoms with Crippen molar-refractivity contribution in [3.63, 3.8) is 0 Å². The van der Waals surface area contributed by atoms with Gasteiger partial charge in [-0.15, -0.1) is 0 Å². The highest BCUT2D eigenvalue weighted by Gasteiger charge is 2.24. The maximum Gasteiger partial charge on any atom is 0.251 e. The van der Waals surface area contributed by atoms with Gasteiger partial charge in [0.25, 0.3) is 5.91 Å². The molecule has 5 rings (SSSR count). The number of phenolic OH excluding ortho intramolecular Hbond substituents is 1. The van der Waals surface area contributed by atoms with E-state index in [4.69, 9.17) is 5.10 Å². The summed E-state index contributed by atoms with van der Waals surface area (Å²) in [5, 5.41) is 17.8. The topological polar surface area (TPSA) is 92.9 Å². The van der Waals surface area contributed by atoms with E-state index in [1.807, 2.05) is 16.8 Å². The van der Waals surface area contributed by atoms with Gasteiger partial charge in [-0.25, -0.2) is 18.7 Å². The quantitative estimate of drug-likeness (QED) is 0.450. The first-order valence-electron chi connectivity index (χ1n) is 11.2. The third kappa shape index (κ3) is 4.46. The monoisotopic (exact) mass is 463 g/mol. The number of nitrogens with one attached hydrogen (secondary N) is 1. The molecule has 7 nitrogen and oxygen atoms in total. The average Bonchev–Trinajstić information content (AvgIpc) is 3.30. The van der Waals surface area contributed by atoms with Crippen molar-refractivity contribution in [3.8, 4) is 16.9 Å². The maximum atomic E-state index is 13.5. The van der Waals surface area contributed by atoms with Gasteiger partial charge < -0.3 is 10.4 Å². The first-order chi connectivity index (χ1) is 16.5. The van der Waals surface area contributed by atoms with Crippen molar-refractivity contribution in [1.29, 1.82) is 0 Å². The Morgan fingerprint density at radius 3 is 2.44 bits per heavy atom. The Labute approximate surface area is 194 Å². The molecule has 0 spiro atoms. The van der Waals surface area contributed by atoms with E-state index in [9.17, 15) is 18.7 Å². The Morgan fingerprint density at radius 1 is 1.03 bits per heavy atom. The van der Waals surface area contributed by atoms with Crippen LogP contribution in [0.25, 0.3) is 22.0 Å². The zero-order valence-electron chi connectivity index (χ0n) is 18.3. The van der Waals surface area contributed by atoms with Crippen LogP contribution in [0.3, 0.4) is 0 Å². The smallest absolute Gasteiger partial charge is 0.251 e. The van der Waals surface area contributed by atoms with Gasteiger partial charge in [0.15, 0.2) is 17.4 Å². The number of aromatic hydroxyl groups is 1. The summed E-state index contributed by atoms with van der Waals surface area (Å²) < 4.78 is 29.0. The number of halogens is 2. The molecule has 2 aromatic carbocycles. The van der Waals surface area contributed by atoms with Gasteiger partial charge in [0, 0.05) is 41.6 Å². The average molecular weight is 463 g/mol. The van der Waals surface area contributed by atoms with E-state index < -0.39 is 23.3 Å².